The van der Waals surface area contributed by atoms with Crippen LogP contribution in [0, 0.1) is 10.8 Å². The monoisotopic (exact) mass is 736 g/mol. The van der Waals surface area contributed by atoms with Crippen molar-refractivity contribution >= 4 is 48.0 Å². The first-order valence-corrected chi connectivity index (χ1v) is 15.7. The Bertz CT molecular complexity index is 427. The minimum atomic E-state index is -0.115. The van der Waals surface area contributed by atoms with Crippen LogP contribution in [0.5, 0.6) is 0 Å². The highest BCUT2D eigenvalue weighted by atomic mass is 127. The first kappa shape index (κ1) is 41.9. The van der Waals surface area contributed by atoms with E-state index in [0.717, 1.165) is 12.8 Å². The summed E-state index contributed by atoms with van der Waals surface area (Å²) < 4.78 is 0. The third-order valence-electron chi connectivity index (χ3n) is 9.40. The molecule has 0 bridgehead atoms. The third kappa shape index (κ3) is 17.9. The van der Waals surface area contributed by atoms with Crippen molar-refractivity contribution in [2.75, 3.05) is 6.54 Å². The third-order valence-corrected chi connectivity index (χ3v) is 9.40. The molecule has 0 fully saturated rings. The number of hydrogen-bond acceptors (Lipinski definition) is 2. The summed E-state index contributed by atoms with van der Waals surface area (Å²) in [6.07, 6.45) is 30.0. The van der Waals surface area contributed by atoms with Gasteiger partial charge in [-0.3, -0.25) is 0 Å². The van der Waals surface area contributed by atoms with Gasteiger partial charge < -0.3 is 11.5 Å². The smallest absolute Gasteiger partial charge is 0.0211 e. The maximum atomic E-state index is 7.30. The van der Waals surface area contributed by atoms with Gasteiger partial charge in [-0.05, 0) is 30.2 Å². The van der Waals surface area contributed by atoms with E-state index in [1.54, 1.807) is 0 Å². The Morgan fingerprint density at radius 2 is 0.694 bits per heavy atom. The summed E-state index contributed by atoms with van der Waals surface area (Å²) in [5.41, 5.74) is 13.5. The van der Waals surface area contributed by atoms with Crippen LogP contribution >= 0.6 is 48.0 Å². The maximum absolute atomic E-state index is 7.30. The van der Waals surface area contributed by atoms with Crippen LogP contribution in [-0.2, 0) is 0 Å². The molecule has 0 heterocycles. The average molecular weight is 737 g/mol. The first-order chi connectivity index (χ1) is 16.2. The Hall–Kier alpha value is 1.38. The Morgan fingerprint density at radius 3 is 0.944 bits per heavy atom. The Labute approximate surface area is 263 Å². The average Bonchev–Trinajstić information content (AvgIpc) is 2.81. The van der Waals surface area contributed by atoms with Crippen LogP contribution in [0.3, 0.4) is 0 Å². The lowest BCUT2D eigenvalue weighted by molar-refractivity contribution is 0.00913. The largest absolute Gasteiger partial charge is 0.330 e. The molecule has 0 unspecified atom stereocenters. The van der Waals surface area contributed by atoms with Crippen molar-refractivity contribution in [1.82, 2.24) is 0 Å². The van der Waals surface area contributed by atoms with E-state index in [4.69, 9.17) is 11.5 Å². The summed E-state index contributed by atoms with van der Waals surface area (Å²) in [5, 5.41) is 0. The summed E-state index contributed by atoms with van der Waals surface area (Å²) >= 11 is 0. The van der Waals surface area contributed by atoms with Crippen molar-refractivity contribution in [2.24, 2.45) is 22.3 Å². The maximum Gasteiger partial charge on any atom is 0.0211 e. The van der Waals surface area contributed by atoms with Crippen LogP contribution in [0.4, 0.5) is 0 Å². The van der Waals surface area contributed by atoms with E-state index in [2.05, 4.69) is 41.5 Å². The summed E-state index contributed by atoms with van der Waals surface area (Å²) in [7, 11) is 0. The molecule has 0 aliphatic rings. The van der Waals surface area contributed by atoms with Gasteiger partial charge in [0.1, 0.15) is 0 Å². The number of rotatable bonds is 25. The molecule has 0 atom stereocenters. The quantitative estimate of drug-likeness (QED) is 0.0724. The standard InChI is InChI=1S/C32H68N2.2HI/c1-7-9-11-13-15-17-19-21-23-25-27-32(34,31(5,6)30(3,4)29-33)28-26-24-22-20-18-16-14-12-10-8-2;;/h7-29,33-34H2,1-6H3;2*1H. The van der Waals surface area contributed by atoms with E-state index >= 15 is 0 Å². The zero-order chi connectivity index (χ0) is 25.8. The van der Waals surface area contributed by atoms with Crippen molar-refractivity contribution in [1.29, 1.82) is 0 Å². The normalized spacial score (nSPS) is 12.3. The molecule has 36 heavy (non-hydrogen) atoms. The van der Waals surface area contributed by atoms with Crippen LogP contribution in [0.15, 0.2) is 0 Å². The second-order valence-electron chi connectivity index (χ2n) is 12.7. The Balaban J connectivity index is -0.00000544. The van der Waals surface area contributed by atoms with Gasteiger partial charge in [-0.25, -0.2) is 0 Å². The van der Waals surface area contributed by atoms with Crippen molar-refractivity contribution in [3.05, 3.63) is 0 Å². The number of nitrogens with two attached hydrogens (primary N) is 2. The molecule has 0 aromatic heterocycles. The predicted octanol–water partition coefficient (Wildman–Crippen LogP) is 11.6. The van der Waals surface area contributed by atoms with Gasteiger partial charge in [0.25, 0.3) is 0 Å². The van der Waals surface area contributed by atoms with Crippen LogP contribution in [-0.4, -0.2) is 12.1 Å². The zero-order valence-electron chi connectivity index (χ0n) is 25.7. The van der Waals surface area contributed by atoms with Gasteiger partial charge in [-0.15, -0.1) is 48.0 Å². The number of halogens is 2. The molecule has 222 valence electrons. The molecule has 0 aliphatic carbocycles. The molecule has 0 radical (unpaired) electrons. The van der Waals surface area contributed by atoms with Crippen LogP contribution in [0.1, 0.15) is 183 Å². The van der Waals surface area contributed by atoms with E-state index in [0.29, 0.717) is 6.54 Å². The summed E-state index contributed by atoms with van der Waals surface area (Å²) in [6, 6.07) is 0. The fourth-order valence-electron chi connectivity index (χ4n) is 5.53. The molecular weight excluding hydrogens is 666 g/mol. The van der Waals surface area contributed by atoms with Crippen molar-refractivity contribution in [2.45, 2.75) is 188 Å². The molecule has 4 N–H and O–H groups in total. The van der Waals surface area contributed by atoms with E-state index in [1.807, 2.05) is 0 Å². The topological polar surface area (TPSA) is 52.0 Å². The first-order valence-electron chi connectivity index (χ1n) is 15.7. The lowest BCUT2D eigenvalue weighted by Crippen LogP contribution is -2.60. The second kappa shape index (κ2) is 25.4. The Kier molecular flexibility index (Phi) is 29.5. The Morgan fingerprint density at radius 1 is 0.444 bits per heavy atom. The van der Waals surface area contributed by atoms with Gasteiger partial charge in [0, 0.05) is 5.54 Å². The lowest BCUT2D eigenvalue weighted by Gasteiger charge is -2.53. The minimum Gasteiger partial charge on any atom is -0.330 e. The molecule has 0 saturated carbocycles. The highest BCUT2D eigenvalue weighted by molar-refractivity contribution is 14.0. The van der Waals surface area contributed by atoms with Crippen molar-refractivity contribution in [3.8, 4) is 0 Å². The molecule has 4 heteroatoms. The van der Waals surface area contributed by atoms with Gasteiger partial charge in [-0.1, -0.05) is 170 Å². The van der Waals surface area contributed by atoms with Gasteiger partial charge >= 0.3 is 0 Å². The van der Waals surface area contributed by atoms with Gasteiger partial charge in [0.05, 0.1) is 0 Å². The molecule has 0 aliphatic heterocycles. The number of hydrogen-bond donors (Lipinski definition) is 2. The van der Waals surface area contributed by atoms with Crippen molar-refractivity contribution in [3.63, 3.8) is 0 Å². The molecule has 0 rings (SSSR count). The SMILES string of the molecule is CCCCCCCCCCCCC(N)(CCCCCCCCCCCC)C(C)(C)C(C)(C)CN.I.I. The van der Waals surface area contributed by atoms with Gasteiger partial charge in [0.2, 0.25) is 0 Å². The summed E-state index contributed by atoms with van der Waals surface area (Å²) in [5.74, 6) is 0. The lowest BCUT2D eigenvalue weighted by atomic mass is 9.55. The molecular formula is C32H70I2N2. The fraction of sp³-hybridized carbons (Fsp3) is 1.00. The molecule has 0 spiro atoms. The van der Waals surface area contributed by atoms with Crippen molar-refractivity contribution < 1.29 is 0 Å². The molecule has 0 saturated heterocycles. The van der Waals surface area contributed by atoms with Crippen LogP contribution < -0.4 is 11.5 Å². The molecule has 0 amide bonds. The summed E-state index contributed by atoms with van der Waals surface area (Å²) in [6.45, 7) is 14.7. The second-order valence-corrected chi connectivity index (χ2v) is 12.7. The highest BCUT2D eigenvalue weighted by Crippen LogP contribution is 2.49. The van der Waals surface area contributed by atoms with E-state index in [1.165, 1.54) is 128 Å². The predicted molar refractivity (Wildman–Crippen MR) is 187 cm³/mol. The van der Waals surface area contributed by atoms with Gasteiger partial charge in [-0.2, -0.15) is 0 Å². The van der Waals surface area contributed by atoms with E-state index in [-0.39, 0.29) is 64.3 Å². The van der Waals surface area contributed by atoms with E-state index in [9.17, 15) is 0 Å². The molecule has 2 nitrogen and oxygen atoms in total. The molecule has 0 aromatic rings. The van der Waals surface area contributed by atoms with Crippen LogP contribution in [0.2, 0.25) is 0 Å². The zero-order valence-corrected chi connectivity index (χ0v) is 30.4. The highest BCUT2D eigenvalue weighted by Gasteiger charge is 2.49. The fourth-order valence-corrected chi connectivity index (χ4v) is 5.53. The van der Waals surface area contributed by atoms with E-state index < -0.39 is 0 Å². The summed E-state index contributed by atoms with van der Waals surface area (Å²) in [4.78, 5) is 0. The molecule has 0 aromatic carbocycles. The van der Waals surface area contributed by atoms with Crippen LogP contribution in [0.25, 0.3) is 0 Å². The van der Waals surface area contributed by atoms with Gasteiger partial charge in [0.15, 0.2) is 0 Å². The minimum absolute atomic E-state index is 0. The number of unbranched alkanes of at least 4 members (excludes halogenated alkanes) is 18.